The maximum atomic E-state index is 12.2. The largest absolute Gasteiger partial charge is 0.497 e. The molecule has 3 rings (SSSR count). The van der Waals surface area contributed by atoms with Gasteiger partial charge in [-0.05, 0) is 36.4 Å². The van der Waals surface area contributed by atoms with Crippen LogP contribution in [0.4, 0.5) is 0 Å². The number of carbonyl (C=O) groups excluding carboxylic acids is 1. The normalized spacial score (nSPS) is 10.8. The molecule has 10 heteroatoms. The zero-order valence-electron chi connectivity index (χ0n) is 15.0. The van der Waals surface area contributed by atoms with E-state index < -0.39 is 23.0 Å². The van der Waals surface area contributed by atoms with Gasteiger partial charge in [0, 0.05) is 0 Å². The van der Waals surface area contributed by atoms with Crippen LogP contribution in [0.2, 0.25) is 5.02 Å². The zero-order chi connectivity index (χ0) is 21.0. The summed E-state index contributed by atoms with van der Waals surface area (Å²) < 4.78 is 5.94. The van der Waals surface area contributed by atoms with Crippen LogP contribution in [0.5, 0.6) is 11.6 Å². The average molecular weight is 415 g/mol. The standard InChI is InChI=1S/C19H15ClN4O5/c1-29-12-8-6-11(7-9-12)24-18(27)14(16(25)22-19(24)28)10-21-23-17(26)13-4-2-3-5-15(13)20/h2-10,27H,1H3,(H,23,26)(H,22,25,28). The molecule has 0 aliphatic carbocycles. The predicted molar refractivity (Wildman–Crippen MR) is 107 cm³/mol. The predicted octanol–water partition coefficient (Wildman–Crippen LogP) is 1.66. The van der Waals surface area contributed by atoms with Crippen molar-refractivity contribution in [3.8, 4) is 17.3 Å². The van der Waals surface area contributed by atoms with Crippen LogP contribution in [0.1, 0.15) is 15.9 Å². The molecule has 0 aliphatic rings. The van der Waals surface area contributed by atoms with Crippen molar-refractivity contribution in [1.82, 2.24) is 15.0 Å². The van der Waals surface area contributed by atoms with Crippen molar-refractivity contribution in [2.24, 2.45) is 5.10 Å². The Morgan fingerprint density at radius 1 is 1.21 bits per heavy atom. The number of carbonyl (C=O) groups is 1. The van der Waals surface area contributed by atoms with E-state index >= 15 is 0 Å². The summed E-state index contributed by atoms with van der Waals surface area (Å²) in [6, 6.07) is 12.6. The number of halogens is 1. The third-order valence-corrected chi connectivity index (χ3v) is 4.26. The Hall–Kier alpha value is -3.85. The molecular weight excluding hydrogens is 400 g/mol. The van der Waals surface area contributed by atoms with Gasteiger partial charge in [-0.3, -0.25) is 14.6 Å². The van der Waals surface area contributed by atoms with Crippen molar-refractivity contribution in [3.05, 3.63) is 85.5 Å². The number of aromatic amines is 1. The van der Waals surface area contributed by atoms with E-state index in [0.29, 0.717) is 11.4 Å². The van der Waals surface area contributed by atoms with Gasteiger partial charge in [0.2, 0.25) is 5.88 Å². The van der Waals surface area contributed by atoms with E-state index in [2.05, 4.69) is 15.5 Å². The smallest absolute Gasteiger partial charge is 0.335 e. The molecule has 0 unspecified atom stereocenters. The minimum absolute atomic E-state index is 0.188. The summed E-state index contributed by atoms with van der Waals surface area (Å²) in [5.41, 5.74) is 0.663. The van der Waals surface area contributed by atoms with Gasteiger partial charge in [0.15, 0.2) is 0 Å². The fourth-order valence-electron chi connectivity index (χ4n) is 2.49. The molecule has 0 spiro atoms. The van der Waals surface area contributed by atoms with E-state index in [9.17, 15) is 19.5 Å². The monoisotopic (exact) mass is 414 g/mol. The second kappa shape index (κ2) is 8.44. The van der Waals surface area contributed by atoms with Crippen LogP contribution in [0, 0.1) is 0 Å². The molecule has 0 fully saturated rings. The fraction of sp³-hybridized carbons (Fsp3) is 0.0526. The van der Waals surface area contributed by atoms with Crippen LogP contribution in [-0.2, 0) is 0 Å². The van der Waals surface area contributed by atoms with E-state index in [1.165, 1.54) is 25.3 Å². The Morgan fingerprint density at radius 2 is 1.90 bits per heavy atom. The molecule has 9 nitrogen and oxygen atoms in total. The third-order valence-electron chi connectivity index (χ3n) is 3.93. The third kappa shape index (κ3) is 4.19. The first kappa shape index (κ1) is 19.9. The molecule has 1 heterocycles. The molecule has 1 amide bonds. The Kier molecular flexibility index (Phi) is 5.79. The van der Waals surface area contributed by atoms with Crippen LogP contribution in [0.15, 0.2) is 63.2 Å². The van der Waals surface area contributed by atoms with Gasteiger partial charge in [-0.1, -0.05) is 23.7 Å². The Balaban J connectivity index is 1.92. The van der Waals surface area contributed by atoms with Crippen molar-refractivity contribution >= 4 is 23.7 Å². The highest BCUT2D eigenvalue weighted by molar-refractivity contribution is 6.33. The summed E-state index contributed by atoms with van der Waals surface area (Å²) in [6.07, 6.45) is 0.933. The van der Waals surface area contributed by atoms with Gasteiger partial charge in [-0.25, -0.2) is 14.8 Å². The number of methoxy groups -OCH3 is 1. The summed E-state index contributed by atoms with van der Waals surface area (Å²) in [6.45, 7) is 0. The molecule has 3 N–H and O–H groups in total. The highest BCUT2D eigenvalue weighted by atomic mass is 35.5. The maximum absolute atomic E-state index is 12.2. The number of aromatic hydroxyl groups is 1. The Labute approximate surface area is 168 Å². The molecule has 1 aromatic heterocycles. The minimum Gasteiger partial charge on any atom is -0.497 e. The van der Waals surface area contributed by atoms with Gasteiger partial charge in [0.1, 0.15) is 11.3 Å². The van der Waals surface area contributed by atoms with Gasteiger partial charge in [0.05, 0.1) is 29.6 Å². The highest BCUT2D eigenvalue weighted by Crippen LogP contribution is 2.18. The minimum atomic E-state index is -0.868. The first-order valence-corrected chi connectivity index (χ1v) is 8.61. The zero-order valence-corrected chi connectivity index (χ0v) is 15.8. The molecular formula is C19H15ClN4O5. The SMILES string of the molecule is COc1ccc(-n2c(O)c(C=NNC(=O)c3ccccc3Cl)c(=O)[nH]c2=O)cc1. The van der Waals surface area contributed by atoms with Crippen LogP contribution in [0.3, 0.4) is 0 Å². The van der Waals surface area contributed by atoms with Gasteiger partial charge >= 0.3 is 5.69 Å². The summed E-state index contributed by atoms with van der Waals surface area (Å²) in [4.78, 5) is 38.4. The lowest BCUT2D eigenvalue weighted by Crippen LogP contribution is -2.31. The first-order valence-electron chi connectivity index (χ1n) is 8.23. The number of benzene rings is 2. The number of rotatable bonds is 5. The number of ether oxygens (including phenoxy) is 1. The summed E-state index contributed by atoms with van der Waals surface area (Å²) in [7, 11) is 1.49. The molecule has 29 heavy (non-hydrogen) atoms. The van der Waals surface area contributed by atoms with Crippen LogP contribution in [-0.4, -0.2) is 33.9 Å². The highest BCUT2D eigenvalue weighted by Gasteiger charge is 2.15. The van der Waals surface area contributed by atoms with Gasteiger partial charge in [-0.15, -0.1) is 0 Å². The lowest BCUT2D eigenvalue weighted by atomic mass is 10.2. The Morgan fingerprint density at radius 3 is 2.55 bits per heavy atom. The molecule has 0 bridgehead atoms. The quantitative estimate of drug-likeness (QED) is 0.432. The molecule has 148 valence electrons. The number of aromatic nitrogens is 2. The summed E-state index contributed by atoms with van der Waals surface area (Å²) >= 11 is 5.94. The molecule has 0 aliphatic heterocycles. The number of amides is 1. The molecule has 0 saturated carbocycles. The fourth-order valence-corrected chi connectivity index (χ4v) is 2.71. The second-order valence-electron chi connectivity index (χ2n) is 5.71. The van der Waals surface area contributed by atoms with Gasteiger partial charge < -0.3 is 9.84 Å². The molecule has 0 atom stereocenters. The molecule has 0 saturated heterocycles. The number of hydrogen-bond acceptors (Lipinski definition) is 6. The number of hydrazone groups is 1. The van der Waals surface area contributed by atoms with E-state index in [0.717, 1.165) is 10.8 Å². The van der Waals surface area contributed by atoms with Crippen molar-refractivity contribution < 1.29 is 14.6 Å². The van der Waals surface area contributed by atoms with E-state index in [-0.39, 0.29) is 16.1 Å². The number of nitrogens with one attached hydrogen (secondary N) is 2. The Bertz CT molecular complexity index is 1200. The van der Waals surface area contributed by atoms with E-state index in [1.54, 1.807) is 30.3 Å². The van der Waals surface area contributed by atoms with Crippen LogP contribution in [0.25, 0.3) is 5.69 Å². The summed E-state index contributed by atoms with van der Waals surface area (Å²) in [5.74, 6) is -0.694. The first-order chi connectivity index (χ1) is 13.9. The summed E-state index contributed by atoms with van der Waals surface area (Å²) in [5, 5.41) is 14.3. The van der Waals surface area contributed by atoms with Gasteiger partial charge in [0.25, 0.3) is 11.5 Å². The average Bonchev–Trinajstić information content (AvgIpc) is 2.71. The second-order valence-corrected chi connectivity index (χ2v) is 6.12. The molecule has 0 radical (unpaired) electrons. The van der Waals surface area contributed by atoms with Crippen LogP contribution >= 0.6 is 11.6 Å². The van der Waals surface area contributed by atoms with Crippen molar-refractivity contribution in [1.29, 1.82) is 0 Å². The number of nitrogens with zero attached hydrogens (tertiary/aromatic N) is 2. The van der Waals surface area contributed by atoms with E-state index in [4.69, 9.17) is 16.3 Å². The molecule has 2 aromatic carbocycles. The number of hydrogen-bond donors (Lipinski definition) is 3. The van der Waals surface area contributed by atoms with Crippen LogP contribution < -0.4 is 21.4 Å². The van der Waals surface area contributed by atoms with Crippen molar-refractivity contribution in [2.45, 2.75) is 0 Å². The van der Waals surface area contributed by atoms with Gasteiger partial charge in [-0.2, -0.15) is 5.10 Å². The lowest BCUT2D eigenvalue weighted by molar-refractivity contribution is 0.0955. The topological polar surface area (TPSA) is 126 Å². The lowest BCUT2D eigenvalue weighted by Gasteiger charge is -2.10. The van der Waals surface area contributed by atoms with E-state index in [1.807, 2.05) is 0 Å². The van der Waals surface area contributed by atoms with Crippen molar-refractivity contribution in [2.75, 3.05) is 7.11 Å². The maximum Gasteiger partial charge on any atom is 0.335 e. The van der Waals surface area contributed by atoms with Crippen molar-refractivity contribution in [3.63, 3.8) is 0 Å². The molecule has 3 aromatic rings. The number of H-pyrrole nitrogens is 1.